The molecule has 0 aromatic heterocycles. The first-order valence-electron chi connectivity index (χ1n) is 32.9. The molecule has 0 amide bonds. The molecule has 0 aliphatic rings. The van der Waals surface area contributed by atoms with Gasteiger partial charge >= 0.3 is 19.8 Å². The minimum absolute atomic E-state index is 0.0299. The average molecular weight is 1210 g/mol. The molecular formula is C77H116NO8P. The molecule has 0 saturated carbocycles. The number of ether oxygens (including phenoxy) is 2. The number of phosphoric ester groups is 1. The molecule has 2 atom stereocenters. The average Bonchev–Trinajstić information content (AvgIpc) is 3.64. The summed E-state index contributed by atoms with van der Waals surface area (Å²) in [6, 6.07) is 0. The number of unbranched alkanes of at least 4 members (excludes halogenated alkanes) is 7. The first kappa shape index (κ1) is 81.1. The number of esters is 2. The van der Waals surface area contributed by atoms with Crippen molar-refractivity contribution >= 4 is 19.8 Å². The fourth-order valence-electron chi connectivity index (χ4n) is 7.77. The molecule has 0 radical (unpaired) electrons. The van der Waals surface area contributed by atoms with Crippen LogP contribution in [0.2, 0.25) is 0 Å². The number of phosphoric acid groups is 1. The van der Waals surface area contributed by atoms with Crippen LogP contribution in [0.5, 0.6) is 0 Å². The van der Waals surface area contributed by atoms with Crippen molar-refractivity contribution in [1.29, 1.82) is 0 Å². The van der Waals surface area contributed by atoms with Crippen LogP contribution in [-0.2, 0) is 32.7 Å². The van der Waals surface area contributed by atoms with Gasteiger partial charge in [0, 0.05) is 19.4 Å². The van der Waals surface area contributed by atoms with Gasteiger partial charge < -0.3 is 20.1 Å². The maximum atomic E-state index is 12.7. The molecule has 3 N–H and O–H groups in total. The summed E-state index contributed by atoms with van der Waals surface area (Å²) < 4.78 is 33.0. The van der Waals surface area contributed by atoms with Crippen molar-refractivity contribution in [2.75, 3.05) is 26.4 Å². The maximum absolute atomic E-state index is 12.7. The topological polar surface area (TPSA) is 134 Å². The van der Waals surface area contributed by atoms with E-state index in [0.29, 0.717) is 12.8 Å². The third kappa shape index (κ3) is 69.0. The van der Waals surface area contributed by atoms with Crippen LogP contribution in [0.3, 0.4) is 0 Å². The number of allylic oxidation sites excluding steroid dienone is 38. The van der Waals surface area contributed by atoms with Gasteiger partial charge in [-0.05, 0) is 161 Å². The van der Waals surface area contributed by atoms with Crippen LogP contribution in [-0.4, -0.2) is 49.3 Å². The van der Waals surface area contributed by atoms with Crippen LogP contribution in [0.25, 0.3) is 0 Å². The Bertz CT molecular complexity index is 2270. The molecule has 0 saturated heterocycles. The smallest absolute Gasteiger partial charge is 0.462 e. The van der Waals surface area contributed by atoms with Crippen molar-refractivity contribution in [3.05, 3.63) is 231 Å². The SMILES string of the molecule is CC/C=C\C/C=C\C/C=C\C/C=C\C/C=C\C/C=C\C/C=C\C/C=C\C/C=C\C/C=C\CCCCCCC(=O)OC(COC(=O)CCCCC/C=C\C/C=C\C/C=C\C/C=C\C/C=C\C/C=C\C/C=C\C/C=C\C/C=C\CC)COP(=O)(O)OCCN. The van der Waals surface area contributed by atoms with E-state index in [1.807, 2.05) is 0 Å². The second kappa shape index (κ2) is 69.2. The molecule has 87 heavy (non-hydrogen) atoms. The summed E-state index contributed by atoms with van der Waals surface area (Å²) in [5, 5.41) is 0. The highest BCUT2D eigenvalue weighted by atomic mass is 31.2. The van der Waals surface area contributed by atoms with E-state index in [2.05, 4.69) is 245 Å². The molecule has 0 fully saturated rings. The molecule has 2 unspecified atom stereocenters. The maximum Gasteiger partial charge on any atom is 0.472 e. The standard InChI is InChI=1S/C77H116NO8P/c1-3-5-7-9-11-13-15-17-19-21-23-25-27-29-31-33-35-36-37-38-40-42-44-46-48-50-52-54-56-58-60-62-64-66-68-70-77(80)86-75(74-85-87(81,82)84-72-71-78)73-83-76(79)69-67-65-63-61-59-57-55-53-51-49-47-45-43-41-39-34-32-30-28-26-24-22-20-18-16-14-12-10-8-6-4-2/h5-8,11-14,17-20,23-26,29-32,35-36,38-41,44-47,50-53,56-59,75H,3-4,9-10,15-16,21-22,27-28,33-34,37,42-43,48-49,54-55,60-74,78H2,1-2H3,(H,81,82)/b7-5-,8-6-,13-11-,14-12-,19-17-,20-18-,25-23-,26-24-,31-29-,32-30-,36-35-,40-38-,41-39-,46-44-,47-45-,52-50-,53-51-,58-56-,59-57-. The van der Waals surface area contributed by atoms with E-state index in [1.54, 1.807) is 0 Å². The lowest BCUT2D eigenvalue weighted by atomic mass is 10.1. The van der Waals surface area contributed by atoms with Crippen molar-refractivity contribution in [3.63, 3.8) is 0 Å². The molecule has 0 heterocycles. The molecule has 0 rings (SSSR count). The normalized spacial score (nSPS) is 14.5. The van der Waals surface area contributed by atoms with Crippen LogP contribution in [0, 0.1) is 0 Å². The van der Waals surface area contributed by atoms with Crippen molar-refractivity contribution in [1.82, 2.24) is 0 Å². The number of hydrogen-bond acceptors (Lipinski definition) is 8. The van der Waals surface area contributed by atoms with E-state index in [-0.39, 0.29) is 32.6 Å². The van der Waals surface area contributed by atoms with Gasteiger partial charge in [-0.2, -0.15) is 0 Å². The van der Waals surface area contributed by atoms with Gasteiger partial charge in [0.05, 0.1) is 13.2 Å². The highest BCUT2D eigenvalue weighted by molar-refractivity contribution is 7.47. The van der Waals surface area contributed by atoms with Crippen molar-refractivity contribution < 1.29 is 37.6 Å². The first-order valence-corrected chi connectivity index (χ1v) is 34.4. The zero-order valence-electron chi connectivity index (χ0n) is 53.9. The quantitative estimate of drug-likeness (QED) is 0.0264. The summed E-state index contributed by atoms with van der Waals surface area (Å²) in [6.07, 6.45) is 110. The van der Waals surface area contributed by atoms with Crippen LogP contribution in [0.15, 0.2) is 231 Å². The number of carbonyl (C=O) groups excluding carboxylic acids is 2. The van der Waals surface area contributed by atoms with Crippen molar-refractivity contribution in [3.8, 4) is 0 Å². The van der Waals surface area contributed by atoms with Gasteiger partial charge in [-0.1, -0.05) is 264 Å². The molecular weight excluding hydrogens is 1100 g/mol. The number of rotatable bonds is 58. The number of hydrogen-bond donors (Lipinski definition) is 2. The summed E-state index contributed by atoms with van der Waals surface area (Å²) in [6.45, 7) is 3.40. The Labute approximate surface area is 530 Å². The Morgan fingerprint density at radius 2 is 0.598 bits per heavy atom. The van der Waals surface area contributed by atoms with Gasteiger partial charge in [0.1, 0.15) is 6.61 Å². The van der Waals surface area contributed by atoms with E-state index < -0.39 is 32.5 Å². The Morgan fingerprint density at radius 3 is 0.885 bits per heavy atom. The van der Waals surface area contributed by atoms with Crippen LogP contribution >= 0.6 is 7.82 Å². The highest BCUT2D eigenvalue weighted by Gasteiger charge is 2.26. The predicted octanol–water partition coefficient (Wildman–Crippen LogP) is 21.8. The second-order valence-electron chi connectivity index (χ2n) is 20.5. The molecule has 0 aromatic rings. The molecule has 482 valence electrons. The Hall–Kier alpha value is -5.93. The lowest BCUT2D eigenvalue weighted by Gasteiger charge is -2.19. The van der Waals surface area contributed by atoms with Crippen LogP contribution in [0.4, 0.5) is 0 Å². The van der Waals surface area contributed by atoms with Crippen LogP contribution in [0.1, 0.15) is 206 Å². The molecule has 10 heteroatoms. The largest absolute Gasteiger partial charge is 0.472 e. The molecule has 0 aromatic carbocycles. The summed E-state index contributed by atoms with van der Waals surface area (Å²) in [4.78, 5) is 35.3. The molecule has 0 bridgehead atoms. The summed E-state index contributed by atoms with van der Waals surface area (Å²) >= 11 is 0. The zero-order valence-corrected chi connectivity index (χ0v) is 54.8. The minimum atomic E-state index is -4.43. The number of carbonyl (C=O) groups is 2. The fraction of sp³-hybridized carbons (Fsp3) is 0.481. The van der Waals surface area contributed by atoms with Gasteiger partial charge in [0.15, 0.2) is 6.10 Å². The third-order valence-electron chi connectivity index (χ3n) is 12.5. The summed E-state index contributed by atoms with van der Waals surface area (Å²) in [7, 11) is -4.43. The summed E-state index contributed by atoms with van der Waals surface area (Å²) in [5.74, 6) is -0.918. The van der Waals surface area contributed by atoms with E-state index >= 15 is 0 Å². The van der Waals surface area contributed by atoms with Crippen molar-refractivity contribution in [2.24, 2.45) is 5.73 Å². The van der Waals surface area contributed by atoms with Gasteiger partial charge in [-0.15, -0.1) is 0 Å². The van der Waals surface area contributed by atoms with Crippen molar-refractivity contribution in [2.45, 2.75) is 213 Å². The van der Waals surface area contributed by atoms with Crippen LogP contribution < -0.4 is 5.73 Å². The lowest BCUT2D eigenvalue weighted by Crippen LogP contribution is -2.29. The van der Waals surface area contributed by atoms with E-state index in [0.717, 1.165) is 167 Å². The van der Waals surface area contributed by atoms with E-state index in [4.69, 9.17) is 24.3 Å². The monoisotopic (exact) mass is 1210 g/mol. The van der Waals surface area contributed by atoms with Gasteiger partial charge in [-0.25, -0.2) is 4.57 Å². The summed E-state index contributed by atoms with van der Waals surface area (Å²) in [5.41, 5.74) is 5.39. The molecule has 0 aliphatic heterocycles. The Morgan fingerprint density at radius 1 is 0.345 bits per heavy atom. The predicted molar refractivity (Wildman–Crippen MR) is 375 cm³/mol. The Kier molecular flexibility index (Phi) is 64.5. The second-order valence-corrected chi connectivity index (χ2v) is 22.0. The molecule has 0 aliphatic carbocycles. The lowest BCUT2D eigenvalue weighted by molar-refractivity contribution is -0.161. The highest BCUT2D eigenvalue weighted by Crippen LogP contribution is 2.43. The Balaban J connectivity index is 4.16. The number of nitrogens with two attached hydrogens (primary N) is 1. The zero-order chi connectivity index (χ0) is 63.0. The fourth-order valence-corrected chi connectivity index (χ4v) is 8.54. The van der Waals surface area contributed by atoms with Gasteiger partial charge in [0.2, 0.25) is 0 Å². The minimum Gasteiger partial charge on any atom is -0.462 e. The molecule has 0 spiro atoms. The van der Waals surface area contributed by atoms with E-state index in [1.165, 1.54) is 0 Å². The third-order valence-corrected chi connectivity index (χ3v) is 13.5. The first-order chi connectivity index (χ1) is 42.8. The van der Waals surface area contributed by atoms with Gasteiger partial charge in [0.25, 0.3) is 0 Å². The molecule has 9 nitrogen and oxygen atoms in total. The van der Waals surface area contributed by atoms with Gasteiger partial charge in [-0.3, -0.25) is 18.6 Å². The van der Waals surface area contributed by atoms with E-state index in [9.17, 15) is 19.0 Å².